The van der Waals surface area contributed by atoms with E-state index in [-0.39, 0.29) is 30.5 Å². The molecule has 1 saturated carbocycles. The van der Waals surface area contributed by atoms with Gasteiger partial charge in [-0.2, -0.15) is 0 Å². The number of methoxy groups -OCH3 is 1. The molecule has 0 bridgehead atoms. The van der Waals surface area contributed by atoms with Crippen LogP contribution in [0.1, 0.15) is 61.3 Å². The molecule has 24 heavy (non-hydrogen) atoms. The van der Waals surface area contributed by atoms with Gasteiger partial charge < -0.3 is 19.3 Å². The maximum Gasteiger partial charge on any atom is 0.337 e. The second kappa shape index (κ2) is 6.26. The van der Waals surface area contributed by atoms with E-state index in [0.29, 0.717) is 12.3 Å². The summed E-state index contributed by atoms with van der Waals surface area (Å²) in [6.07, 6.45) is 0.109. The molecule has 1 saturated heterocycles. The molecule has 0 aromatic carbocycles. The lowest BCUT2D eigenvalue weighted by Crippen LogP contribution is -2.67. The highest BCUT2D eigenvalue weighted by Gasteiger charge is 2.59. The number of carbonyl (C=O) groups excluding carboxylic acids is 1. The van der Waals surface area contributed by atoms with Gasteiger partial charge in [0.05, 0.1) is 30.5 Å². The van der Waals surface area contributed by atoms with Gasteiger partial charge in [0.2, 0.25) is 0 Å². The zero-order valence-electron chi connectivity index (χ0n) is 16.4. The number of hydrogen-bond acceptors (Lipinski definition) is 5. The van der Waals surface area contributed by atoms with Crippen molar-refractivity contribution in [1.82, 2.24) is 0 Å². The largest absolute Gasteiger partial charge is 0.467 e. The van der Waals surface area contributed by atoms with Crippen LogP contribution in [0.15, 0.2) is 0 Å². The van der Waals surface area contributed by atoms with Crippen molar-refractivity contribution in [3.8, 4) is 0 Å². The Morgan fingerprint density at radius 3 is 2.12 bits per heavy atom. The predicted molar refractivity (Wildman–Crippen MR) is 91.6 cm³/mol. The molecule has 5 heteroatoms. The first-order valence-corrected chi connectivity index (χ1v) is 9.01. The first-order valence-electron chi connectivity index (χ1n) is 9.01. The number of ether oxygens (including phenoxy) is 3. The van der Waals surface area contributed by atoms with Crippen molar-refractivity contribution >= 4 is 5.97 Å². The van der Waals surface area contributed by atoms with Crippen LogP contribution in [-0.2, 0) is 19.0 Å². The smallest absolute Gasteiger partial charge is 0.337 e. The van der Waals surface area contributed by atoms with Gasteiger partial charge >= 0.3 is 5.97 Å². The van der Waals surface area contributed by atoms with E-state index < -0.39 is 22.8 Å². The third-order valence-corrected chi connectivity index (χ3v) is 6.52. The van der Waals surface area contributed by atoms with Gasteiger partial charge in [-0.05, 0) is 51.9 Å². The van der Waals surface area contributed by atoms with E-state index in [1.165, 1.54) is 7.11 Å². The highest BCUT2D eigenvalue weighted by atomic mass is 16.6. The number of rotatable bonds is 3. The van der Waals surface area contributed by atoms with Crippen LogP contribution in [0.2, 0.25) is 0 Å². The molecule has 1 N–H and O–H groups in total. The fourth-order valence-electron chi connectivity index (χ4n) is 3.92. The molecule has 1 aliphatic heterocycles. The van der Waals surface area contributed by atoms with Gasteiger partial charge in [0.1, 0.15) is 0 Å². The Kier molecular flexibility index (Phi) is 5.13. The fourth-order valence-corrected chi connectivity index (χ4v) is 3.92. The highest BCUT2D eigenvalue weighted by Crippen LogP contribution is 2.49. The Hall–Kier alpha value is -0.650. The molecular weight excluding hydrogens is 308 g/mol. The summed E-state index contributed by atoms with van der Waals surface area (Å²) in [7, 11) is 1.32. The van der Waals surface area contributed by atoms with Crippen molar-refractivity contribution in [1.29, 1.82) is 0 Å². The van der Waals surface area contributed by atoms with E-state index in [2.05, 4.69) is 20.8 Å². The fraction of sp³-hybridized carbons (Fsp3) is 0.947. The summed E-state index contributed by atoms with van der Waals surface area (Å²) < 4.78 is 17.7. The maximum absolute atomic E-state index is 12.2. The molecule has 2 fully saturated rings. The normalized spacial score (nSPS) is 39.2. The van der Waals surface area contributed by atoms with Gasteiger partial charge in [-0.25, -0.2) is 4.79 Å². The molecule has 0 radical (unpaired) electrons. The van der Waals surface area contributed by atoms with Gasteiger partial charge in [-0.1, -0.05) is 20.8 Å². The van der Waals surface area contributed by atoms with Crippen LogP contribution in [0.25, 0.3) is 0 Å². The van der Waals surface area contributed by atoms with Crippen LogP contribution in [0.5, 0.6) is 0 Å². The Labute approximate surface area is 146 Å². The predicted octanol–water partition coefficient (Wildman–Crippen LogP) is 2.93. The Bertz CT molecular complexity index is 484. The summed E-state index contributed by atoms with van der Waals surface area (Å²) >= 11 is 0. The van der Waals surface area contributed by atoms with Gasteiger partial charge in [-0.15, -0.1) is 0 Å². The first-order chi connectivity index (χ1) is 10.8. The topological polar surface area (TPSA) is 65.0 Å². The standard InChI is InChI=1S/C19H34O5/c1-11(2)12(3)13-9-19(21,16(20)22-8)10-14-15(13)24-18(6,7)17(4,5)23-14/h11-15,21H,9-10H2,1-8H3/t12?,13-,14+,15+,19-/m0/s1. The van der Waals surface area contributed by atoms with Crippen LogP contribution < -0.4 is 0 Å². The molecule has 140 valence electrons. The average molecular weight is 342 g/mol. The maximum atomic E-state index is 12.2. The SMILES string of the molecule is COC(=O)[C@@]1(O)C[C@H]2OC(C)(C)C(C)(C)O[C@@H]2[C@H](C(C)C(C)C)C1. The van der Waals surface area contributed by atoms with E-state index in [1.807, 2.05) is 27.7 Å². The minimum Gasteiger partial charge on any atom is -0.467 e. The third kappa shape index (κ3) is 3.23. The number of carbonyl (C=O) groups is 1. The summed E-state index contributed by atoms with van der Waals surface area (Å²) in [5.41, 5.74) is -2.46. The Morgan fingerprint density at radius 1 is 1.08 bits per heavy atom. The summed E-state index contributed by atoms with van der Waals surface area (Å²) in [6, 6.07) is 0. The van der Waals surface area contributed by atoms with Crippen LogP contribution in [0, 0.1) is 17.8 Å². The van der Waals surface area contributed by atoms with E-state index in [9.17, 15) is 9.90 Å². The molecule has 1 heterocycles. The second-order valence-electron chi connectivity index (χ2n) is 8.96. The van der Waals surface area contributed by atoms with Gasteiger partial charge in [-0.3, -0.25) is 0 Å². The minimum absolute atomic E-state index is 0.0308. The third-order valence-electron chi connectivity index (χ3n) is 6.52. The van der Waals surface area contributed by atoms with Gasteiger partial charge in [0, 0.05) is 6.42 Å². The summed E-state index contributed by atoms with van der Waals surface area (Å²) in [4.78, 5) is 12.2. The van der Waals surface area contributed by atoms with E-state index >= 15 is 0 Å². The van der Waals surface area contributed by atoms with Crippen LogP contribution in [0.4, 0.5) is 0 Å². The van der Waals surface area contributed by atoms with Crippen molar-refractivity contribution < 1.29 is 24.1 Å². The second-order valence-corrected chi connectivity index (χ2v) is 8.96. The molecule has 0 aromatic rings. The molecule has 0 amide bonds. The van der Waals surface area contributed by atoms with Crippen molar-refractivity contribution in [3.05, 3.63) is 0 Å². The van der Waals surface area contributed by atoms with Crippen molar-refractivity contribution in [2.45, 2.75) is 90.3 Å². The summed E-state index contributed by atoms with van der Waals surface area (Å²) in [5.74, 6) is 0.156. The molecule has 1 aliphatic carbocycles. The zero-order valence-corrected chi connectivity index (χ0v) is 16.4. The van der Waals surface area contributed by atoms with Crippen LogP contribution in [-0.4, -0.2) is 47.2 Å². The van der Waals surface area contributed by atoms with Crippen molar-refractivity contribution in [2.75, 3.05) is 7.11 Å². The monoisotopic (exact) mass is 342 g/mol. The lowest BCUT2D eigenvalue weighted by atomic mass is 9.66. The number of fused-ring (bicyclic) bond motifs is 1. The number of aliphatic hydroxyl groups is 1. The molecule has 2 aliphatic rings. The van der Waals surface area contributed by atoms with E-state index in [0.717, 1.165) is 0 Å². The van der Waals surface area contributed by atoms with Gasteiger partial charge in [0.25, 0.3) is 0 Å². The van der Waals surface area contributed by atoms with Crippen LogP contribution >= 0.6 is 0 Å². The van der Waals surface area contributed by atoms with E-state index in [1.54, 1.807) is 0 Å². The molecular formula is C19H34O5. The summed E-state index contributed by atoms with van der Waals surface area (Å²) in [6.45, 7) is 14.6. The number of esters is 1. The Morgan fingerprint density at radius 2 is 1.62 bits per heavy atom. The molecule has 2 rings (SSSR count). The van der Waals surface area contributed by atoms with Crippen molar-refractivity contribution in [3.63, 3.8) is 0 Å². The first kappa shape index (κ1) is 19.7. The number of hydrogen-bond donors (Lipinski definition) is 1. The zero-order chi connectivity index (χ0) is 18.5. The minimum atomic E-state index is -1.51. The molecule has 5 atom stereocenters. The van der Waals surface area contributed by atoms with E-state index in [4.69, 9.17) is 14.2 Å². The molecule has 0 aromatic heterocycles. The van der Waals surface area contributed by atoms with Crippen molar-refractivity contribution in [2.24, 2.45) is 17.8 Å². The Balaban J connectivity index is 2.39. The lowest BCUT2D eigenvalue weighted by Gasteiger charge is -2.58. The lowest BCUT2D eigenvalue weighted by molar-refractivity contribution is -0.327. The van der Waals surface area contributed by atoms with Crippen LogP contribution in [0.3, 0.4) is 0 Å². The molecule has 0 spiro atoms. The average Bonchev–Trinajstić information content (AvgIpc) is 2.46. The summed E-state index contributed by atoms with van der Waals surface area (Å²) in [5, 5.41) is 11.0. The molecule has 1 unspecified atom stereocenters. The quantitative estimate of drug-likeness (QED) is 0.799. The highest BCUT2D eigenvalue weighted by molar-refractivity contribution is 5.79. The van der Waals surface area contributed by atoms with Gasteiger partial charge in [0.15, 0.2) is 5.60 Å². The molecule has 5 nitrogen and oxygen atoms in total.